The Morgan fingerprint density at radius 3 is 2.46 bits per heavy atom. The van der Waals surface area contributed by atoms with Crippen molar-refractivity contribution in [3.05, 3.63) is 102 Å². The first-order valence-corrected chi connectivity index (χ1v) is 12.5. The number of amides is 2. The monoisotopic (exact) mass is 497 g/mol. The van der Waals surface area contributed by atoms with Crippen LogP contribution in [0.5, 0.6) is 0 Å². The number of carbonyl (C=O) groups excluding carboxylic acids is 2. The van der Waals surface area contributed by atoms with E-state index < -0.39 is 17.8 Å². The summed E-state index contributed by atoms with van der Waals surface area (Å²) >= 11 is 0. The zero-order valence-corrected chi connectivity index (χ0v) is 20.4. The molecule has 37 heavy (non-hydrogen) atoms. The first-order valence-electron chi connectivity index (χ1n) is 12.5. The molecule has 2 N–H and O–H groups in total. The maximum Gasteiger partial charge on any atom is 0.251 e. The Morgan fingerprint density at radius 2 is 1.68 bits per heavy atom. The van der Waals surface area contributed by atoms with Crippen molar-refractivity contribution >= 4 is 17.5 Å². The van der Waals surface area contributed by atoms with Crippen LogP contribution in [0, 0.1) is 5.82 Å². The van der Waals surface area contributed by atoms with Crippen LogP contribution in [-0.2, 0) is 24.2 Å². The number of benzene rings is 3. The third-order valence-corrected chi connectivity index (χ3v) is 6.53. The van der Waals surface area contributed by atoms with Crippen molar-refractivity contribution in [1.29, 1.82) is 0 Å². The van der Waals surface area contributed by atoms with Gasteiger partial charge in [0, 0.05) is 30.5 Å². The third-order valence-electron chi connectivity index (χ3n) is 6.53. The minimum absolute atomic E-state index is 0.0282. The molecule has 8 heteroatoms. The average Bonchev–Trinajstić information content (AvgIpc) is 3.18. The molecule has 7 nitrogen and oxygen atoms in total. The quantitative estimate of drug-likeness (QED) is 0.384. The molecule has 1 aromatic heterocycles. The molecule has 3 aromatic carbocycles. The van der Waals surface area contributed by atoms with Gasteiger partial charge in [-0.1, -0.05) is 55.0 Å². The van der Waals surface area contributed by atoms with Crippen LogP contribution in [-0.4, -0.2) is 32.6 Å². The standard InChI is InChI=1S/C29H28FN5O2/c30-23-16-15-22(27-34-33-26-14-8-3-9-17-35(26)27)19-24(23)31-29(37)25(18-20-10-4-1-5-11-20)32-28(36)21-12-6-2-7-13-21/h1-2,4-7,10-13,15-16,19,25H,3,8-9,14,17-18H2,(H,31,37)(H,32,36). The molecule has 0 bridgehead atoms. The smallest absolute Gasteiger partial charge is 0.251 e. The minimum Gasteiger partial charge on any atom is -0.340 e. The fourth-order valence-corrected chi connectivity index (χ4v) is 4.57. The number of nitrogens with one attached hydrogen (secondary N) is 2. The van der Waals surface area contributed by atoms with Crippen molar-refractivity contribution in [1.82, 2.24) is 20.1 Å². The van der Waals surface area contributed by atoms with E-state index in [1.54, 1.807) is 36.4 Å². The second-order valence-electron chi connectivity index (χ2n) is 9.17. The highest BCUT2D eigenvalue weighted by molar-refractivity contribution is 6.01. The molecule has 1 atom stereocenters. The van der Waals surface area contributed by atoms with Gasteiger partial charge in [-0.25, -0.2) is 4.39 Å². The molecule has 0 saturated heterocycles. The summed E-state index contributed by atoms with van der Waals surface area (Å²) in [6.07, 6.45) is 4.35. The lowest BCUT2D eigenvalue weighted by molar-refractivity contribution is -0.118. The van der Waals surface area contributed by atoms with Crippen molar-refractivity contribution < 1.29 is 14.0 Å². The highest BCUT2D eigenvalue weighted by Gasteiger charge is 2.24. The molecule has 188 valence electrons. The minimum atomic E-state index is -0.914. The normalized spacial score (nSPS) is 13.8. The largest absolute Gasteiger partial charge is 0.340 e. The van der Waals surface area contributed by atoms with Crippen LogP contribution in [0.2, 0.25) is 0 Å². The SMILES string of the molecule is O=C(NC(Cc1ccccc1)C(=O)Nc1cc(-c2nnc3n2CCCCC3)ccc1F)c1ccccc1. The fraction of sp³-hybridized carbons (Fsp3) is 0.241. The van der Waals surface area contributed by atoms with Gasteiger partial charge < -0.3 is 15.2 Å². The molecule has 4 aromatic rings. The van der Waals surface area contributed by atoms with Crippen LogP contribution < -0.4 is 10.6 Å². The lowest BCUT2D eigenvalue weighted by Crippen LogP contribution is -2.45. The van der Waals surface area contributed by atoms with Gasteiger partial charge in [-0.05, 0) is 48.7 Å². The van der Waals surface area contributed by atoms with E-state index in [9.17, 15) is 14.0 Å². The highest BCUT2D eigenvalue weighted by atomic mass is 19.1. The lowest BCUT2D eigenvalue weighted by Gasteiger charge is -2.19. The molecule has 0 spiro atoms. The molecule has 0 radical (unpaired) electrons. The number of rotatable bonds is 7. The summed E-state index contributed by atoms with van der Waals surface area (Å²) in [5.74, 6) is 0.126. The molecule has 0 fully saturated rings. The maximum atomic E-state index is 14.8. The second kappa shape index (κ2) is 11.2. The van der Waals surface area contributed by atoms with Gasteiger partial charge >= 0.3 is 0 Å². The number of halogens is 1. The molecule has 1 aliphatic heterocycles. The Morgan fingerprint density at radius 1 is 0.919 bits per heavy atom. The molecule has 2 heterocycles. The first kappa shape index (κ1) is 24.4. The van der Waals surface area contributed by atoms with E-state index in [-0.39, 0.29) is 18.0 Å². The number of carbonyl (C=O) groups is 2. The Labute approximate surface area is 214 Å². The molecular weight excluding hydrogens is 469 g/mol. The molecule has 1 aliphatic rings. The van der Waals surface area contributed by atoms with Gasteiger partial charge in [-0.3, -0.25) is 9.59 Å². The topological polar surface area (TPSA) is 88.9 Å². The fourth-order valence-electron chi connectivity index (χ4n) is 4.57. The number of hydrogen-bond donors (Lipinski definition) is 2. The van der Waals surface area contributed by atoms with E-state index in [0.29, 0.717) is 17.0 Å². The molecule has 1 unspecified atom stereocenters. The van der Waals surface area contributed by atoms with Gasteiger partial charge in [0.15, 0.2) is 5.82 Å². The number of aromatic nitrogens is 3. The van der Waals surface area contributed by atoms with E-state index in [1.165, 1.54) is 6.07 Å². The van der Waals surface area contributed by atoms with Crippen LogP contribution in [0.15, 0.2) is 78.9 Å². The Balaban J connectivity index is 1.39. The molecular formula is C29H28FN5O2. The van der Waals surface area contributed by atoms with Crippen LogP contribution in [0.3, 0.4) is 0 Å². The summed E-state index contributed by atoms with van der Waals surface area (Å²) in [5, 5.41) is 14.2. The average molecular weight is 498 g/mol. The van der Waals surface area contributed by atoms with E-state index in [4.69, 9.17) is 0 Å². The lowest BCUT2D eigenvalue weighted by atomic mass is 10.0. The summed E-state index contributed by atoms with van der Waals surface area (Å²) in [6, 6.07) is 21.7. The first-order chi connectivity index (χ1) is 18.1. The van der Waals surface area contributed by atoms with Gasteiger partial charge in [0.05, 0.1) is 5.69 Å². The number of hydrogen-bond acceptors (Lipinski definition) is 4. The van der Waals surface area contributed by atoms with Crippen molar-refractivity contribution in [2.45, 2.75) is 44.7 Å². The predicted octanol–water partition coefficient (Wildman–Crippen LogP) is 4.79. The number of aryl methyl sites for hydroxylation is 1. The van der Waals surface area contributed by atoms with Gasteiger partial charge in [0.25, 0.3) is 5.91 Å². The predicted molar refractivity (Wildman–Crippen MR) is 139 cm³/mol. The van der Waals surface area contributed by atoms with Gasteiger partial charge in [-0.2, -0.15) is 0 Å². The van der Waals surface area contributed by atoms with E-state index in [0.717, 1.165) is 43.6 Å². The van der Waals surface area contributed by atoms with Gasteiger partial charge in [-0.15, -0.1) is 10.2 Å². The van der Waals surface area contributed by atoms with Crippen molar-refractivity contribution in [2.75, 3.05) is 5.32 Å². The van der Waals surface area contributed by atoms with Crippen molar-refractivity contribution in [3.8, 4) is 11.4 Å². The molecule has 5 rings (SSSR count). The van der Waals surface area contributed by atoms with Gasteiger partial charge in [0.2, 0.25) is 5.91 Å². The van der Waals surface area contributed by atoms with Gasteiger partial charge in [0.1, 0.15) is 17.7 Å². The molecule has 2 amide bonds. The molecule has 0 aliphatic carbocycles. The van der Waals surface area contributed by atoms with E-state index >= 15 is 0 Å². The summed E-state index contributed by atoms with van der Waals surface area (Å²) in [5.41, 5.74) is 2.01. The van der Waals surface area contributed by atoms with E-state index in [2.05, 4.69) is 25.4 Å². The zero-order chi connectivity index (χ0) is 25.6. The van der Waals surface area contributed by atoms with Crippen molar-refractivity contribution in [2.24, 2.45) is 0 Å². The van der Waals surface area contributed by atoms with Crippen LogP contribution in [0.4, 0.5) is 10.1 Å². The van der Waals surface area contributed by atoms with Crippen molar-refractivity contribution in [3.63, 3.8) is 0 Å². The number of fused-ring (bicyclic) bond motifs is 1. The highest BCUT2D eigenvalue weighted by Crippen LogP contribution is 2.27. The maximum absolute atomic E-state index is 14.8. The zero-order valence-electron chi connectivity index (χ0n) is 20.4. The third kappa shape index (κ3) is 5.74. The Hall–Kier alpha value is -4.33. The Kier molecular flexibility index (Phi) is 7.35. The molecule has 0 saturated carbocycles. The van der Waals surface area contributed by atoms with Crippen LogP contribution in [0.1, 0.15) is 41.0 Å². The summed E-state index contributed by atoms with van der Waals surface area (Å²) < 4.78 is 16.9. The summed E-state index contributed by atoms with van der Waals surface area (Å²) in [6.45, 7) is 0.807. The summed E-state index contributed by atoms with van der Waals surface area (Å²) in [4.78, 5) is 26.2. The summed E-state index contributed by atoms with van der Waals surface area (Å²) in [7, 11) is 0. The van der Waals surface area contributed by atoms with Crippen LogP contribution in [0.25, 0.3) is 11.4 Å². The number of nitrogens with zero attached hydrogens (tertiary/aromatic N) is 3. The second-order valence-corrected chi connectivity index (χ2v) is 9.17. The van der Waals surface area contributed by atoms with E-state index in [1.807, 2.05) is 36.4 Å². The number of anilines is 1. The Bertz CT molecular complexity index is 1390. The van der Waals surface area contributed by atoms with Crippen LogP contribution >= 0.6 is 0 Å².